The van der Waals surface area contributed by atoms with Gasteiger partial charge in [0, 0.05) is 6.54 Å². The van der Waals surface area contributed by atoms with E-state index in [0.29, 0.717) is 0 Å². The molecule has 3 heteroatoms. The highest BCUT2D eigenvalue weighted by atomic mass is 32.2. The molecule has 0 spiro atoms. The van der Waals surface area contributed by atoms with E-state index in [2.05, 4.69) is 108 Å². The van der Waals surface area contributed by atoms with Crippen LogP contribution in [-0.4, -0.2) is 7.11 Å². The summed E-state index contributed by atoms with van der Waals surface area (Å²) >= 11 is 1.75. The second kappa shape index (κ2) is 9.66. The lowest BCUT2D eigenvalue weighted by Gasteiger charge is -2.35. The van der Waals surface area contributed by atoms with Crippen molar-refractivity contribution >= 4 is 11.9 Å². The van der Waals surface area contributed by atoms with Crippen LogP contribution >= 0.6 is 11.9 Å². The Bertz CT molecular complexity index is 938. The van der Waals surface area contributed by atoms with Gasteiger partial charge < -0.3 is 4.74 Å². The molecule has 1 N–H and O–H groups in total. The third kappa shape index (κ3) is 4.28. The summed E-state index contributed by atoms with van der Waals surface area (Å²) in [6, 6.07) is 40.3. The Hall–Kier alpha value is -3.01. The van der Waals surface area contributed by atoms with Gasteiger partial charge in [0.25, 0.3) is 0 Å². The minimum absolute atomic E-state index is 0.365. The summed E-state index contributed by atoms with van der Waals surface area (Å²) in [5, 5.41) is 0. The van der Waals surface area contributed by atoms with E-state index in [9.17, 15) is 0 Å². The van der Waals surface area contributed by atoms with Gasteiger partial charge in [-0.05, 0) is 34.4 Å². The summed E-state index contributed by atoms with van der Waals surface area (Å²) in [6.07, 6.45) is 0. The molecule has 4 rings (SSSR count). The predicted octanol–water partition coefficient (Wildman–Crippen LogP) is 6.43. The van der Waals surface area contributed by atoms with Crippen molar-refractivity contribution in [3.05, 3.63) is 138 Å². The van der Waals surface area contributed by atoms with Crippen molar-refractivity contribution in [2.24, 2.45) is 0 Å². The van der Waals surface area contributed by atoms with Gasteiger partial charge in [-0.2, -0.15) is 0 Å². The first-order chi connectivity index (χ1) is 14.8. The molecule has 0 atom stereocenters. The largest absolute Gasteiger partial charge is 0.497 e. The van der Waals surface area contributed by atoms with Gasteiger partial charge in [-0.3, -0.25) is 4.72 Å². The Labute approximate surface area is 183 Å². The Morgan fingerprint density at radius 2 is 1.07 bits per heavy atom. The number of nitrogens with one attached hydrogen (secondary N) is 1. The predicted molar refractivity (Wildman–Crippen MR) is 127 cm³/mol. The van der Waals surface area contributed by atoms with Gasteiger partial charge in [0.05, 0.1) is 7.11 Å². The van der Waals surface area contributed by atoms with Gasteiger partial charge in [0.1, 0.15) is 10.5 Å². The minimum Gasteiger partial charge on any atom is -0.497 e. The summed E-state index contributed by atoms with van der Waals surface area (Å²) in [4.78, 5) is 0. The van der Waals surface area contributed by atoms with Crippen LogP contribution in [-0.2, 0) is 11.3 Å². The van der Waals surface area contributed by atoms with E-state index in [1.165, 1.54) is 22.3 Å². The normalized spacial score (nSPS) is 11.2. The second-order valence-electron chi connectivity index (χ2n) is 7.05. The molecular formula is C27H25NOS. The molecule has 0 aromatic heterocycles. The molecule has 4 aromatic rings. The van der Waals surface area contributed by atoms with Gasteiger partial charge in [0.15, 0.2) is 0 Å². The van der Waals surface area contributed by atoms with Gasteiger partial charge in [-0.25, -0.2) is 0 Å². The van der Waals surface area contributed by atoms with E-state index in [0.717, 1.165) is 12.3 Å². The molecule has 4 aromatic carbocycles. The molecule has 2 nitrogen and oxygen atoms in total. The molecule has 0 fully saturated rings. The molecule has 0 heterocycles. The molecule has 0 aliphatic rings. The van der Waals surface area contributed by atoms with Crippen LogP contribution in [0.3, 0.4) is 0 Å². The van der Waals surface area contributed by atoms with Crippen molar-refractivity contribution in [2.75, 3.05) is 7.11 Å². The van der Waals surface area contributed by atoms with E-state index in [1.807, 2.05) is 12.1 Å². The summed E-state index contributed by atoms with van der Waals surface area (Å²) in [6.45, 7) is 0.753. The zero-order chi connectivity index (χ0) is 20.7. The standard InChI is InChI=1S/C27H25NOS/c1-29-26-19-17-22(18-20-26)21-28-30-27(23-11-5-2-6-12-23,24-13-7-3-8-14-24)25-15-9-4-10-16-25/h2-20,28H,21H2,1H3. The number of methoxy groups -OCH3 is 1. The number of hydrogen-bond acceptors (Lipinski definition) is 3. The number of ether oxygens (including phenoxy) is 1. The lowest BCUT2D eigenvalue weighted by atomic mass is 9.84. The van der Waals surface area contributed by atoms with Crippen molar-refractivity contribution in [3.63, 3.8) is 0 Å². The Kier molecular flexibility index (Phi) is 6.53. The zero-order valence-corrected chi connectivity index (χ0v) is 17.8. The van der Waals surface area contributed by atoms with Crippen LogP contribution in [0.1, 0.15) is 22.3 Å². The first-order valence-electron chi connectivity index (χ1n) is 10.0. The van der Waals surface area contributed by atoms with Crippen LogP contribution in [0.15, 0.2) is 115 Å². The van der Waals surface area contributed by atoms with Crippen LogP contribution in [0.25, 0.3) is 0 Å². The van der Waals surface area contributed by atoms with Crippen LogP contribution < -0.4 is 9.46 Å². The Morgan fingerprint density at radius 1 is 0.633 bits per heavy atom. The van der Waals surface area contributed by atoms with Crippen LogP contribution in [0.2, 0.25) is 0 Å². The Balaban J connectivity index is 1.72. The molecule has 0 saturated carbocycles. The van der Waals surface area contributed by atoms with Gasteiger partial charge >= 0.3 is 0 Å². The molecule has 30 heavy (non-hydrogen) atoms. The third-order valence-corrected chi connectivity index (χ3v) is 6.50. The maximum Gasteiger partial charge on any atom is 0.118 e. The highest BCUT2D eigenvalue weighted by Crippen LogP contribution is 2.47. The van der Waals surface area contributed by atoms with Crippen LogP contribution in [0, 0.1) is 0 Å². The van der Waals surface area contributed by atoms with E-state index in [1.54, 1.807) is 19.1 Å². The average Bonchev–Trinajstić information content (AvgIpc) is 2.84. The molecule has 150 valence electrons. The fourth-order valence-corrected chi connectivity index (χ4v) is 4.88. The molecule has 0 bridgehead atoms. The average molecular weight is 412 g/mol. The summed E-state index contributed by atoms with van der Waals surface area (Å²) < 4.78 is 8.56. The van der Waals surface area contributed by atoms with Crippen molar-refractivity contribution in [2.45, 2.75) is 11.3 Å². The maximum absolute atomic E-state index is 5.28. The molecular weight excluding hydrogens is 386 g/mol. The zero-order valence-electron chi connectivity index (χ0n) is 17.0. The topological polar surface area (TPSA) is 21.3 Å². The molecule has 0 aliphatic heterocycles. The highest BCUT2D eigenvalue weighted by molar-refractivity contribution is 7.98. The smallest absolute Gasteiger partial charge is 0.118 e. The first-order valence-corrected chi connectivity index (χ1v) is 10.8. The first kappa shape index (κ1) is 20.3. The monoisotopic (exact) mass is 411 g/mol. The fraction of sp³-hybridized carbons (Fsp3) is 0.111. The molecule has 0 aliphatic carbocycles. The fourth-order valence-electron chi connectivity index (χ4n) is 3.67. The van der Waals surface area contributed by atoms with Crippen molar-refractivity contribution in [1.82, 2.24) is 4.72 Å². The summed E-state index contributed by atoms with van der Waals surface area (Å²) in [7, 11) is 1.69. The number of benzene rings is 4. The van der Waals surface area contributed by atoms with Crippen molar-refractivity contribution in [3.8, 4) is 5.75 Å². The van der Waals surface area contributed by atoms with Crippen LogP contribution in [0.4, 0.5) is 0 Å². The van der Waals surface area contributed by atoms with Crippen LogP contribution in [0.5, 0.6) is 5.75 Å². The third-order valence-electron chi connectivity index (χ3n) is 5.20. The molecule has 0 radical (unpaired) electrons. The van der Waals surface area contributed by atoms with Crippen molar-refractivity contribution < 1.29 is 4.74 Å². The minimum atomic E-state index is -0.365. The van der Waals surface area contributed by atoms with E-state index >= 15 is 0 Å². The quantitative estimate of drug-likeness (QED) is 0.267. The Morgan fingerprint density at radius 3 is 1.47 bits per heavy atom. The summed E-state index contributed by atoms with van der Waals surface area (Å²) in [5.74, 6) is 0.874. The number of rotatable bonds is 8. The van der Waals surface area contributed by atoms with Crippen molar-refractivity contribution in [1.29, 1.82) is 0 Å². The van der Waals surface area contributed by atoms with Gasteiger partial charge in [-0.15, -0.1) is 0 Å². The lowest BCUT2D eigenvalue weighted by molar-refractivity contribution is 0.414. The highest BCUT2D eigenvalue weighted by Gasteiger charge is 2.37. The number of hydrogen-bond donors (Lipinski definition) is 1. The van der Waals surface area contributed by atoms with Gasteiger partial charge in [0.2, 0.25) is 0 Å². The van der Waals surface area contributed by atoms with E-state index in [-0.39, 0.29) is 4.75 Å². The maximum atomic E-state index is 5.28. The van der Waals surface area contributed by atoms with Gasteiger partial charge in [-0.1, -0.05) is 115 Å². The molecule has 0 unspecified atom stereocenters. The van der Waals surface area contributed by atoms with E-state index in [4.69, 9.17) is 4.74 Å². The van der Waals surface area contributed by atoms with E-state index < -0.39 is 0 Å². The molecule has 0 amide bonds. The second-order valence-corrected chi connectivity index (χ2v) is 8.16. The SMILES string of the molecule is COc1ccc(CNSC(c2ccccc2)(c2ccccc2)c2ccccc2)cc1. The molecule has 0 saturated heterocycles. The lowest BCUT2D eigenvalue weighted by Crippen LogP contribution is -2.29. The summed E-state index contributed by atoms with van der Waals surface area (Å²) in [5.41, 5.74) is 4.95.